The van der Waals surface area contributed by atoms with Crippen LogP contribution < -0.4 is 21.3 Å². The van der Waals surface area contributed by atoms with Gasteiger partial charge in [-0.2, -0.15) is 0 Å². The van der Waals surface area contributed by atoms with Crippen molar-refractivity contribution in [3.8, 4) is 0 Å². The first-order valence-electron chi connectivity index (χ1n) is 8.65. The number of carbonyl (C=O) groups is 1. The molecule has 2 heterocycles. The van der Waals surface area contributed by atoms with Crippen LogP contribution in [0.25, 0.3) is 11.0 Å². The summed E-state index contributed by atoms with van der Waals surface area (Å²) in [6.07, 6.45) is 2.35. The van der Waals surface area contributed by atoms with E-state index in [-0.39, 0.29) is 23.1 Å². The lowest BCUT2D eigenvalue weighted by molar-refractivity contribution is 0.0950. The summed E-state index contributed by atoms with van der Waals surface area (Å²) in [5, 5.41) is 2.83. The molecule has 0 bridgehead atoms. The zero-order valence-electron chi connectivity index (χ0n) is 15.7. The summed E-state index contributed by atoms with van der Waals surface area (Å²) in [4.78, 5) is 42.7. The molecule has 29 heavy (non-hydrogen) atoms. The summed E-state index contributed by atoms with van der Waals surface area (Å²) in [7, 11) is -3.40. The van der Waals surface area contributed by atoms with Crippen molar-refractivity contribution in [3.63, 3.8) is 0 Å². The van der Waals surface area contributed by atoms with Gasteiger partial charge in [-0.1, -0.05) is 12.1 Å². The van der Waals surface area contributed by atoms with Gasteiger partial charge in [0.1, 0.15) is 5.65 Å². The number of aryl methyl sites for hydroxylation is 1. The molecule has 0 atom stereocenters. The minimum atomic E-state index is -3.40. The maximum absolute atomic E-state index is 12.5. The topological polar surface area (TPSA) is 143 Å². The zero-order valence-corrected chi connectivity index (χ0v) is 16.5. The smallest absolute Gasteiger partial charge is 0.329 e. The van der Waals surface area contributed by atoms with Crippen molar-refractivity contribution >= 4 is 32.7 Å². The van der Waals surface area contributed by atoms with Gasteiger partial charge in [0.25, 0.3) is 11.5 Å². The van der Waals surface area contributed by atoms with Crippen molar-refractivity contribution in [1.29, 1.82) is 0 Å². The van der Waals surface area contributed by atoms with Gasteiger partial charge in [-0.05, 0) is 30.7 Å². The van der Waals surface area contributed by atoms with Gasteiger partial charge in [-0.3, -0.25) is 23.9 Å². The third-order valence-corrected chi connectivity index (χ3v) is 4.70. The summed E-state index contributed by atoms with van der Waals surface area (Å²) < 4.78 is 26.3. The number of carbonyl (C=O) groups excluding carboxylic acids is 1. The lowest BCUT2D eigenvalue weighted by Crippen LogP contribution is -2.31. The maximum atomic E-state index is 12.5. The number of sulfonamides is 1. The summed E-state index contributed by atoms with van der Waals surface area (Å²) in [5.74, 6) is -0.463. The van der Waals surface area contributed by atoms with Gasteiger partial charge in [0.2, 0.25) is 10.0 Å². The molecule has 3 aromatic rings. The van der Waals surface area contributed by atoms with Gasteiger partial charge in [0.05, 0.1) is 17.2 Å². The van der Waals surface area contributed by atoms with Gasteiger partial charge in [-0.25, -0.2) is 18.2 Å². The van der Waals surface area contributed by atoms with Crippen LogP contribution in [0.3, 0.4) is 0 Å². The van der Waals surface area contributed by atoms with Crippen LogP contribution in [0, 0.1) is 0 Å². The Bertz CT molecular complexity index is 1310. The molecule has 10 nitrogen and oxygen atoms in total. The van der Waals surface area contributed by atoms with E-state index in [4.69, 9.17) is 0 Å². The predicted octanol–water partition coefficient (Wildman–Crippen LogP) is 0.406. The van der Waals surface area contributed by atoms with Crippen LogP contribution in [-0.4, -0.2) is 35.1 Å². The molecule has 0 radical (unpaired) electrons. The number of nitrogens with one attached hydrogen (secondary N) is 3. The SMILES string of the molecule is CCn1c(=O)[nH]c(=O)c2cc(C(=O)NCc3cccc(NS(C)(=O)=O)c3)cnc21. The number of benzene rings is 1. The molecule has 2 aromatic heterocycles. The van der Waals surface area contributed by atoms with E-state index in [1.165, 1.54) is 16.8 Å². The van der Waals surface area contributed by atoms with Crippen molar-refractivity contribution < 1.29 is 13.2 Å². The van der Waals surface area contributed by atoms with E-state index in [1.807, 2.05) is 0 Å². The van der Waals surface area contributed by atoms with E-state index in [2.05, 4.69) is 20.0 Å². The predicted molar refractivity (Wildman–Crippen MR) is 108 cm³/mol. The first-order valence-corrected chi connectivity index (χ1v) is 10.5. The molecule has 0 aliphatic rings. The van der Waals surface area contributed by atoms with Gasteiger partial charge in [0.15, 0.2) is 0 Å². The Kier molecular flexibility index (Phi) is 5.50. The fraction of sp³-hybridized carbons (Fsp3) is 0.222. The number of aromatic amines is 1. The van der Waals surface area contributed by atoms with Gasteiger partial charge >= 0.3 is 5.69 Å². The molecule has 0 spiro atoms. The highest BCUT2D eigenvalue weighted by Gasteiger charge is 2.12. The quantitative estimate of drug-likeness (QED) is 0.530. The Labute approximate surface area is 165 Å². The van der Waals surface area contributed by atoms with Crippen molar-refractivity contribution in [2.45, 2.75) is 20.0 Å². The molecule has 152 valence electrons. The number of fused-ring (bicyclic) bond motifs is 1. The van der Waals surface area contributed by atoms with Crippen LogP contribution in [0.4, 0.5) is 5.69 Å². The van der Waals surface area contributed by atoms with E-state index in [0.717, 1.165) is 6.26 Å². The van der Waals surface area contributed by atoms with Gasteiger partial charge in [0, 0.05) is 25.0 Å². The van der Waals surface area contributed by atoms with Crippen LogP contribution in [0.5, 0.6) is 0 Å². The maximum Gasteiger partial charge on any atom is 0.329 e. The Morgan fingerprint density at radius 2 is 2.00 bits per heavy atom. The molecule has 0 saturated carbocycles. The van der Waals surface area contributed by atoms with Crippen LogP contribution in [-0.2, 0) is 23.1 Å². The summed E-state index contributed by atoms with van der Waals surface area (Å²) >= 11 is 0. The summed E-state index contributed by atoms with van der Waals surface area (Å²) in [6.45, 7) is 2.21. The molecule has 11 heteroatoms. The summed E-state index contributed by atoms with van der Waals surface area (Å²) in [6, 6.07) is 7.97. The Morgan fingerprint density at radius 3 is 2.69 bits per heavy atom. The minimum Gasteiger partial charge on any atom is -0.348 e. The van der Waals surface area contributed by atoms with Crippen molar-refractivity contribution in [1.82, 2.24) is 19.9 Å². The average molecular weight is 417 g/mol. The van der Waals surface area contributed by atoms with Crippen LogP contribution >= 0.6 is 0 Å². The highest BCUT2D eigenvalue weighted by molar-refractivity contribution is 7.92. The standard InChI is InChI=1S/C18H19N5O5S/c1-3-23-15-14(17(25)21-18(23)26)8-12(10-19-15)16(24)20-9-11-5-4-6-13(7-11)22-29(2,27)28/h4-8,10,22H,3,9H2,1-2H3,(H,20,24)(H,21,25,26). The fourth-order valence-corrected chi connectivity index (χ4v) is 3.38. The van der Waals surface area contributed by atoms with E-state index in [0.29, 0.717) is 17.8 Å². The molecule has 0 saturated heterocycles. The molecule has 0 unspecified atom stereocenters. The number of pyridine rings is 1. The zero-order chi connectivity index (χ0) is 21.2. The fourth-order valence-electron chi connectivity index (χ4n) is 2.83. The largest absolute Gasteiger partial charge is 0.348 e. The molecule has 1 aromatic carbocycles. The monoisotopic (exact) mass is 417 g/mol. The van der Waals surface area contributed by atoms with E-state index in [9.17, 15) is 22.8 Å². The van der Waals surface area contributed by atoms with E-state index < -0.39 is 27.2 Å². The molecule has 0 aliphatic carbocycles. The lowest BCUT2D eigenvalue weighted by atomic mass is 10.2. The number of nitrogens with zero attached hydrogens (tertiary/aromatic N) is 2. The second-order valence-corrected chi connectivity index (χ2v) is 8.10. The number of amides is 1. The molecular formula is C18H19N5O5S. The average Bonchev–Trinajstić information content (AvgIpc) is 2.65. The first kappa shape index (κ1) is 20.3. The molecule has 0 fully saturated rings. The normalized spacial score (nSPS) is 11.4. The van der Waals surface area contributed by atoms with Crippen molar-refractivity contribution in [3.05, 3.63) is 68.5 Å². The number of aromatic nitrogens is 3. The number of rotatable bonds is 6. The third-order valence-electron chi connectivity index (χ3n) is 4.09. The highest BCUT2D eigenvalue weighted by Crippen LogP contribution is 2.12. The van der Waals surface area contributed by atoms with Crippen LogP contribution in [0.2, 0.25) is 0 Å². The second-order valence-electron chi connectivity index (χ2n) is 6.36. The number of hydrogen-bond acceptors (Lipinski definition) is 6. The number of anilines is 1. The minimum absolute atomic E-state index is 0.137. The van der Waals surface area contributed by atoms with E-state index >= 15 is 0 Å². The number of hydrogen-bond donors (Lipinski definition) is 3. The Morgan fingerprint density at radius 1 is 1.24 bits per heavy atom. The summed E-state index contributed by atoms with van der Waals surface area (Å²) in [5.41, 5.74) is 0.259. The van der Waals surface area contributed by atoms with Crippen molar-refractivity contribution in [2.24, 2.45) is 0 Å². The molecule has 0 aliphatic heterocycles. The number of H-pyrrole nitrogens is 1. The molecular weight excluding hydrogens is 398 g/mol. The second kappa shape index (κ2) is 7.87. The molecule has 3 N–H and O–H groups in total. The van der Waals surface area contributed by atoms with Crippen molar-refractivity contribution in [2.75, 3.05) is 11.0 Å². The van der Waals surface area contributed by atoms with E-state index in [1.54, 1.807) is 31.2 Å². The first-order chi connectivity index (χ1) is 13.7. The third kappa shape index (κ3) is 4.69. The lowest BCUT2D eigenvalue weighted by Gasteiger charge is -2.09. The Hall–Kier alpha value is -3.47. The highest BCUT2D eigenvalue weighted by atomic mass is 32.2. The van der Waals surface area contributed by atoms with Crippen LogP contribution in [0.15, 0.2) is 46.1 Å². The van der Waals surface area contributed by atoms with Gasteiger partial charge in [-0.15, -0.1) is 0 Å². The molecule has 3 rings (SSSR count). The van der Waals surface area contributed by atoms with Gasteiger partial charge < -0.3 is 5.32 Å². The molecule has 1 amide bonds. The Balaban J connectivity index is 1.81. The van der Waals surface area contributed by atoms with Crippen LogP contribution in [0.1, 0.15) is 22.8 Å².